The lowest BCUT2D eigenvalue weighted by molar-refractivity contribution is -0.115. The molecule has 0 aromatic heterocycles. The Hall–Kier alpha value is -1.94. The maximum Gasteiger partial charge on any atom is 0.246 e. The number of morpholine rings is 1. The van der Waals surface area contributed by atoms with E-state index in [-0.39, 0.29) is 36.1 Å². The van der Waals surface area contributed by atoms with Gasteiger partial charge in [0.05, 0.1) is 26.7 Å². The van der Waals surface area contributed by atoms with Crippen LogP contribution in [0.4, 0.5) is 5.69 Å². The highest BCUT2D eigenvalue weighted by Crippen LogP contribution is 2.30. The Labute approximate surface area is 172 Å². The monoisotopic (exact) mass is 468 g/mol. The van der Waals surface area contributed by atoms with Crippen molar-refractivity contribution in [3.05, 3.63) is 52.5 Å². The second-order valence-electron chi connectivity index (χ2n) is 6.24. The van der Waals surface area contributed by atoms with Gasteiger partial charge in [-0.3, -0.25) is 4.79 Å². The zero-order valence-corrected chi connectivity index (χ0v) is 17.8. The molecule has 1 heterocycles. The molecule has 9 heteroatoms. The van der Waals surface area contributed by atoms with Crippen LogP contribution >= 0.6 is 15.9 Å². The molecule has 1 aliphatic rings. The molecule has 0 bridgehead atoms. The average Bonchev–Trinajstić information content (AvgIpc) is 2.68. The third kappa shape index (κ3) is 4.91. The molecule has 28 heavy (non-hydrogen) atoms. The minimum atomic E-state index is -3.76. The summed E-state index contributed by atoms with van der Waals surface area (Å²) in [5.74, 6) is -0.00512. The number of carbonyl (C=O) groups is 1. The van der Waals surface area contributed by atoms with Crippen LogP contribution in [0.2, 0.25) is 0 Å². The number of nitrogens with zero attached hydrogens (tertiary/aromatic N) is 1. The van der Waals surface area contributed by atoms with Crippen molar-refractivity contribution < 1.29 is 22.7 Å². The van der Waals surface area contributed by atoms with Crippen molar-refractivity contribution >= 4 is 37.5 Å². The first kappa shape index (κ1) is 20.8. The standard InChI is InChI=1S/C19H21BrN2O5S/c1-26-17-6-5-16(21-19(23)12-14-3-2-4-15(20)11-14)13-18(17)28(24,25)22-7-9-27-10-8-22/h2-6,11,13H,7-10,12H2,1H3,(H,21,23). The molecule has 3 rings (SSSR count). The molecule has 2 aromatic rings. The summed E-state index contributed by atoms with van der Waals surface area (Å²) in [6.07, 6.45) is 0.178. The smallest absolute Gasteiger partial charge is 0.246 e. The van der Waals surface area contributed by atoms with E-state index in [1.165, 1.54) is 17.5 Å². The zero-order chi connectivity index (χ0) is 20.1. The number of rotatable bonds is 6. The van der Waals surface area contributed by atoms with Crippen molar-refractivity contribution in [2.45, 2.75) is 11.3 Å². The third-order valence-electron chi connectivity index (χ3n) is 4.29. The maximum atomic E-state index is 13.0. The van der Waals surface area contributed by atoms with E-state index < -0.39 is 10.0 Å². The van der Waals surface area contributed by atoms with Gasteiger partial charge < -0.3 is 14.8 Å². The lowest BCUT2D eigenvalue weighted by atomic mass is 10.1. The van der Waals surface area contributed by atoms with E-state index in [0.29, 0.717) is 18.9 Å². The molecule has 1 N–H and O–H groups in total. The Bertz CT molecular complexity index is 959. The van der Waals surface area contributed by atoms with Crippen LogP contribution in [0, 0.1) is 0 Å². The summed E-state index contributed by atoms with van der Waals surface area (Å²) in [7, 11) is -2.34. The summed E-state index contributed by atoms with van der Waals surface area (Å²) >= 11 is 3.38. The minimum absolute atomic E-state index is 0.0251. The van der Waals surface area contributed by atoms with Gasteiger partial charge >= 0.3 is 0 Å². The van der Waals surface area contributed by atoms with Crippen molar-refractivity contribution in [2.24, 2.45) is 0 Å². The van der Waals surface area contributed by atoms with Crippen LogP contribution in [0.3, 0.4) is 0 Å². The number of methoxy groups -OCH3 is 1. The van der Waals surface area contributed by atoms with E-state index >= 15 is 0 Å². The van der Waals surface area contributed by atoms with Gasteiger partial charge in [0.2, 0.25) is 15.9 Å². The number of ether oxygens (including phenoxy) is 2. The normalized spacial score (nSPS) is 15.2. The summed E-state index contributed by atoms with van der Waals surface area (Å²) in [6, 6.07) is 12.1. The van der Waals surface area contributed by atoms with Crippen LogP contribution in [0.1, 0.15) is 5.56 Å². The Morgan fingerprint density at radius 2 is 1.96 bits per heavy atom. The molecule has 7 nitrogen and oxygen atoms in total. The second kappa shape index (κ2) is 9.04. The van der Waals surface area contributed by atoms with Crippen molar-refractivity contribution in [1.29, 1.82) is 0 Å². The molecule has 1 fully saturated rings. The molecule has 0 radical (unpaired) electrons. The van der Waals surface area contributed by atoms with Gasteiger partial charge in [0.25, 0.3) is 0 Å². The molecular weight excluding hydrogens is 448 g/mol. The first-order chi connectivity index (χ1) is 13.4. The maximum absolute atomic E-state index is 13.0. The van der Waals surface area contributed by atoms with Crippen molar-refractivity contribution in [2.75, 3.05) is 38.7 Å². The van der Waals surface area contributed by atoms with Crippen LogP contribution in [0.25, 0.3) is 0 Å². The molecular formula is C19H21BrN2O5S. The number of amides is 1. The van der Waals surface area contributed by atoms with Crippen molar-refractivity contribution in [3.8, 4) is 5.75 Å². The average molecular weight is 469 g/mol. The number of sulfonamides is 1. The largest absolute Gasteiger partial charge is 0.495 e. The summed E-state index contributed by atoms with van der Waals surface area (Å²) in [5, 5.41) is 2.76. The Kier molecular flexibility index (Phi) is 6.71. The summed E-state index contributed by atoms with van der Waals surface area (Å²) in [6.45, 7) is 1.27. The summed E-state index contributed by atoms with van der Waals surface area (Å²) in [4.78, 5) is 12.4. The molecule has 2 aromatic carbocycles. The molecule has 150 valence electrons. The molecule has 0 aliphatic carbocycles. The molecule has 0 saturated carbocycles. The molecule has 1 aliphatic heterocycles. The van der Waals surface area contributed by atoms with Crippen LogP contribution in [0.15, 0.2) is 51.8 Å². The van der Waals surface area contributed by atoms with Gasteiger partial charge in [0.15, 0.2) is 0 Å². The van der Waals surface area contributed by atoms with Gasteiger partial charge in [-0.15, -0.1) is 0 Å². The predicted molar refractivity (Wildman–Crippen MR) is 109 cm³/mol. The van der Waals surface area contributed by atoms with Crippen LogP contribution < -0.4 is 10.1 Å². The van der Waals surface area contributed by atoms with Crippen molar-refractivity contribution in [3.63, 3.8) is 0 Å². The number of carbonyl (C=O) groups excluding carboxylic acids is 1. The molecule has 1 saturated heterocycles. The lowest BCUT2D eigenvalue weighted by Gasteiger charge is -2.26. The first-order valence-corrected chi connectivity index (χ1v) is 10.9. The lowest BCUT2D eigenvalue weighted by Crippen LogP contribution is -2.40. The molecule has 1 amide bonds. The Balaban J connectivity index is 1.81. The summed E-state index contributed by atoms with van der Waals surface area (Å²) < 4.78 is 38.7. The van der Waals surface area contributed by atoms with Crippen LogP contribution in [0.5, 0.6) is 5.75 Å². The van der Waals surface area contributed by atoms with Gasteiger partial charge in [-0.05, 0) is 35.9 Å². The fourth-order valence-corrected chi connectivity index (χ4v) is 4.96. The van der Waals surface area contributed by atoms with E-state index in [1.807, 2.05) is 24.3 Å². The number of nitrogens with one attached hydrogen (secondary N) is 1. The highest BCUT2D eigenvalue weighted by molar-refractivity contribution is 9.10. The van der Waals surface area contributed by atoms with E-state index in [4.69, 9.17) is 9.47 Å². The topological polar surface area (TPSA) is 84.9 Å². The number of anilines is 1. The zero-order valence-electron chi connectivity index (χ0n) is 15.4. The minimum Gasteiger partial charge on any atom is -0.495 e. The van der Waals surface area contributed by atoms with Gasteiger partial charge in [0.1, 0.15) is 10.6 Å². The number of halogens is 1. The predicted octanol–water partition coefficient (Wildman–Crippen LogP) is 2.66. The Morgan fingerprint density at radius 1 is 1.21 bits per heavy atom. The molecule has 0 spiro atoms. The second-order valence-corrected chi connectivity index (χ2v) is 9.06. The van der Waals surface area contributed by atoms with Gasteiger partial charge in [0, 0.05) is 23.2 Å². The van der Waals surface area contributed by atoms with Crippen LogP contribution in [-0.4, -0.2) is 52.0 Å². The number of benzene rings is 2. The van der Waals surface area contributed by atoms with Gasteiger partial charge in [-0.1, -0.05) is 28.1 Å². The van der Waals surface area contributed by atoms with E-state index in [1.54, 1.807) is 12.1 Å². The highest BCUT2D eigenvalue weighted by Gasteiger charge is 2.29. The SMILES string of the molecule is COc1ccc(NC(=O)Cc2cccc(Br)c2)cc1S(=O)(=O)N1CCOCC1. The Morgan fingerprint density at radius 3 is 2.64 bits per heavy atom. The number of hydrogen-bond acceptors (Lipinski definition) is 5. The fourth-order valence-electron chi connectivity index (χ4n) is 2.92. The van der Waals surface area contributed by atoms with E-state index in [9.17, 15) is 13.2 Å². The summed E-state index contributed by atoms with van der Waals surface area (Å²) in [5.41, 5.74) is 1.24. The van der Waals surface area contributed by atoms with Gasteiger partial charge in [-0.2, -0.15) is 4.31 Å². The van der Waals surface area contributed by atoms with Crippen LogP contribution in [-0.2, 0) is 26.0 Å². The molecule has 0 unspecified atom stereocenters. The van der Waals surface area contributed by atoms with E-state index in [0.717, 1.165) is 10.0 Å². The molecule has 0 atom stereocenters. The fraction of sp³-hybridized carbons (Fsp3) is 0.316. The van der Waals surface area contributed by atoms with E-state index in [2.05, 4.69) is 21.2 Å². The van der Waals surface area contributed by atoms with Gasteiger partial charge in [-0.25, -0.2) is 8.42 Å². The third-order valence-corrected chi connectivity index (χ3v) is 6.70. The number of hydrogen-bond donors (Lipinski definition) is 1. The van der Waals surface area contributed by atoms with Crippen molar-refractivity contribution in [1.82, 2.24) is 4.31 Å². The quantitative estimate of drug-likeness (QED) is 0.704. The highest BCUT2D eigenvalue weighted by atomic mass is 79.9. The first-order valence-electron chi connectivity index (χ1n) is 8.70.